The van der Waals surface area contributed by atoms with Crippen LogP contribution in [0.15, 0.2) is 47.3 Å². The highest BCUT2D eigenvalue weighted by Gasteiger charge is 2.17. The van der Waals surface area contributed by atoms with E-state index in [0.717, 1.165) is 16.5 Å². The summed E-state index contributed by atoms with van der Waals surface area (Å²) in [6, 6.07) is 12.7. The number of carbonyl (C=O) groups is 1. The van der Waals surface area contributed by atoms with E-state index in [2.05, 4.69) is 5.32 Å². The standard InChI is InChI=1S/C21H21ClN2O3/c1-12-9-15(16-11-19(22)24(3)20(25)17(16)10-12)13(2)23-18-8-6-5-7-14(18)21(26)27-4/h5-11,13,23H,1-4H3/t13-/m1/s1. The molecule has 0 fully saturated rings. The average molecular weight is 385 g/mol. The van der Waals surface area contributed by atoms with Crippen LogP contribution in [-0.2, 0) is 11.8 Å². The molecule has 27 heavy (non-hydrogen) atoms. The number of nitrogens with zero attached hydrogens (tertiary/aromatic N) is 1. The predicted octanol–water partition coefficient (Wildman–Crippen LogP) is 4.46. The number of rotatable bonds is 4. The topological polar surface area (TPSA) is 60.3 Å². The van der Waals surface area contributed by atoms with Gasteiger partial charge in [0.05, 0.1) is 12.7 Å². The lowest BCUT2D eigenvalue weighted by Crippen LogP contribution is -2.19. The van der Waals surface area contributed by atoms with Crippen molar-refractivity contribution in [2.75, 3.05) is 12.4 Å². The normalized spacial score (nSPS) is 12.0. The van der Waals surface area contributed by atoms with Crippen LogP contribution in [-0.4, -0.2) is 17.6 Å². The van der Waals surface area contributed by atoms with Crippen LogP contribution in [0.25, 0.3) is 10.8 Å². The number of fused-ring (bicyclic) bond motifs is 1. The van der Waals surface area contributed by atoms with Crippen molar-refractivity contribution in [1.82, 2.24) is 4.57 Å². The number of halogens is 1. The highest BCUT2D eigenvalue weighted by atomic mass is 35.5. The zero-order chi connectivity index (χ0) is 19.7. The quantitative estimate of drug-likeness (QED) is 0.533. The van der Waals surface area contributed by atoms with Gasteiger partial charge in [0.1, 0.15) is 5.15 Å². The third-order valence-electron chi connectivity index (χ3n) is 4.65. The minimum absolute atomic E-state index is 0.135. The summed E-state index contributed by atoms with van der Waals surface area (Å²) in [5.41, 5.74) is 2.90. The van der Waals surface area contributed by atoms with Crippen molar-refractivity contribution in [3.05, 3.63) is 74.7 Å². The van der Waals surface area contributed by atoms with Crippen LogP contribution in [0.5, 0.6) is 0 Å². The summed E-state index contributed by atoms with van der Waals surface area (Å²) >= 11 is 6.24. The van der Waals surface area contributed by atoms with E-state index in [9.17, 15) is 9.59 Å². The van der Waals surface area contributed by atoms with Crippen LogP contribution in [0.1, 0.15) is 34.5 Å². The van der Waals surface area contributed by atoms with Gasteiger partial charge in [-0.3, -0.25) is 4.79 Å². The second-order valence-corrected chi connectivity index (χ2v) is 6.94. The Kier molecular flexibility index (Phi) is 5.24. The first-order valence-electron chi connectivity index (χ1n) is 8.57. The molecule has 0 aliphatic rings. The van der Waals surface area contributed by atoms with Crippen molar-refractivity contribution < 1.29 is 9.53 Å². The van der Waals surface area contributed by atoms with Gasteiger partial charge in [-0.2, -0.15) is 0 Å². The van der Waals surface area contributed by atoms with Crippen LogP contribution in [0.3, 0.4) is 0 Å². The van der Waals surface area contributed by atoms with E-state index >= 15 is 0 Å². The van der Waals surface area contributed by atoms with Gasteiger partial charge < -0.3 is 14.6 Å². The van der Waals surface area contributed by atoms with Crippen molar-refractivity contribution in [3.8, 4) is 0 Å². The number of pyridine rings is 1. The third-order valence-corrected chi connectivity index (χ3v) is 5.01. The van der Waals surface area contributed by atoms with E-state index in [1.165, 1.54) is 11.7 Å². The summed E-state index contributed by atoms with van der Waals surface area (Å²) < 4.78 is 6.29. The minimum Gasteiger partial charge on any atom is -0.465 e. The maximum atomic E-state index is 12.6. The summed E-state index contributed by atoms with van der Waals surface area (Å²) in [6.07, 6.45) is 0. The lowest BCUT2D eigenvalue weighted by atomic mass is 9.97. The highest BCUT2D eigenvalue weighted by molar-refractivity contribution is 6.30. The molecule has 0 saturated carbocycles. The molecule has 0 saturated heterocycles. The van der Waals surface area contributed by atoms with Crippen LogP contribution >= 0.6 is 11.6 Å². The van der Waals surface area contributed by atoms with Gasteiger partial charge in [0.2, 0.25) is 0 Å². The molecule has 0 unspecified atom stereocenters. The number of benzene rings is 2. The van der Waals surface area contributed by atoms with Crippen LogP contribution in [0.4, 0.5) is 5.69 Å². The number of para-hydroxylation sites is 1. The first-order valence-corrected chi connectivity index (χ1v) is 8.95. The third kappa shape index (κ3) is 3.55. The second kappa shape index (κ2) is 7.45. The van der Waals surface area contributed by atoms with Gasteiger partial charge in [0.25, 0.3) is 5.56 Å². The summed E-state index contributed by atoms with van der Waals surface area (Å²) in [4.78, 5) is 24.6. The SMILES string of the molecule is COC(=O)c1ccccc1N[C@H](C)c1cc(C)cc2c(=O)n(C)c(Cl)cc12. The molecule has 6 heteroatoms. The molecule has 1 heterocycles. The molecule has 0 spiro atoms. The van der Waals surface area contributed by atoms with E-state index in [0.29, 0.717) is 21.8 Å². The van der Waals surface area contributed by atoms with Gasteiger partial charge in [0, 0.05) is 24.2 Å². The number of ether oxygens (including phenoxy) is 1. The van der Waals surface area contributed by atoms with Crippen molar-refractivity contribution >= 4 is 34.0 Å². The molecule has 0 amide bonds. The van der Waals surface area contributed by atoms with Crippen LogP contribution < -0.4 is 10.9 Å². The van der Waals surface area contributed by atoms with Crippen LogP contribution in [0.2, 0.25) is 5.15 Å². The molecule has 2 aromatic carbocycles. The average Bonchev–Trinajstić information content (AvgIpc) is 2.66. The molecule has 0 aliphatic heterocycles. The van der Waals surface area contributed by atoms with Crippen molar-refractivity contribution in [2.45, 2.75) is 19.9 Å². The molecule has 140 valence electrons. The van der Waals surface area contributed by atoms with Crippen molar-refractivity contribution in [2.24, 2.45) is 7.05 Å². The molecular weight excluding hydrogens is 364 g/mol. The van der Waals surface area contributed by atoms with E-state index in [1.807, 2.05) is 38.1 Å². The molecule has 5 nitrogen and oxygen atoms in total. The summed E-state index contributed by atoms with van der Waals surface area (Å²) in [6.45, 7) is 3.93. The molecule has 1 N–H and O–H groups in total. The number of aryl methyl sites for hydroxylation is 1. The maximum absolute atomic E-state index is 12.6. The van der Waals surface area contributed by atoms with Gasteiger partial charge in [-0.25, -0.2) is 4.79 Å². The summed E-state index contributed by atoms with van der Waals surface area (Å²) in [5.74, 6) is -0.406. The minimum atomic E-state index is -0.406. The van der Waals surface area contributed by atoms with E-state index < -0.39 is 5.97 Å². The Morgan fingerprint density at radius 1 is 1.19 bits per heavy atom. The number of anilines is 1. The highest BCUT2D eigenvalue weighted by Crippen LogP contribution is 2.29. The lowest BCUT2D eigenvalue weighted by Gasteiger charge is -2.20. The zero-order valence-electron chi connectivity index (χ0n) is 15.7. The fourth-order valence-electron chi connectivity index (χ4n) is 3.22. The maximum Gasteiger partial charge on any atom is 0.339 e. The largest absolute Gasteiger partial charge is 0.465 e. The number of hydrogen-bond donors (Lipinski definition) is 1. The van der Waals surface area contributed by atoms with E-state index in [4.69, 9.17) is 16.3 Å². The van der Waals surface area contributed by atoms with Crippen molar-refractivity contribution in [3.63, 3.8) is 0 Å². The number of aromatic nitrogens is 1. The number of methoxy groups -OCH3 is 1. The van der Waals surface area contributed by atoms with Gasteiger partial charge in [-0.15, -0.1) is 0 Å². The van der Waals surface area contributed by atoms with Crippen LogP contribution in [0, 0.1) is 6.92 Å². The molecule has 0 bridgehead atoms. The molecular formula is C21H21ClN2O3. The first kappa shape index (κ1) is 19.0. The van der Waals surface area contributed by atoms with E-state index in [-0.39, 0.29) is 11.6 Å². The smallest absolute Gasteiger partial charge is 0.339 e. The summed E-state index contributed by atoms with van der Waals surface area (Å²) in [5, 5.41) is 5.15. The van der Waals surface area contributed by atoms with Gasteiger partial charge in [-0.05, 0) is 54.6 Å². The monoisotopic (exact) mass is 384 g/mol. The Balaban J connectivity index is 2.11. The number of hydrogen-bond acceptors (Lipinski definition) is 4. The Hall–Kier alpha value is -2.79. The molecule has 3 aromatic rings. The molecule has 1 aromatic heterocycles. The molecule has 1 atom stereocenters. The number of esters is 1. The van der Waals surface area contributed by atoms with Crippen molar-refractivity contribution in [1.29, 1.82) is 0 Å². The van der Waals surface area contributed by atoms with E-state index in [1.54, 1.807) is 25.2 Å². The number of carbonyl (C=O) groups excluding carboxylic acids is 1. The summed E-state index contributed by atoms with van der Waals surface area (Å²) in [7, 11) is 3.01. The molecule has 0 radical (unpaired) electrons. The zero-order valence-corrected chi connectivity index (χ0v) is 16.4. The Bertz CT molecular complexity index is 1090. The van der Waals surface area contributed by atoms with Gasteiger partial charge >= 0.3 is 5.97 Å². The van der Waals surface area contributed by atoms with Gasteiger partial charge in [0.15, 0.2) is 0 Å². The lowest BCUT2D eigenvalue weighted by molar-refractivity contribution is 0.0602. The Morgan fingerprint density at radius 2 is 1.89 bits per heavy atom. The van der Waals surface area contributed by atoms with Gasteiger partial charge in [-0.1, -0.05) is 29.8 Å². The predicted molar refractivity (Wildman–Crippen MR) is 109 cm³/mol. The molecule has 3 rings (SSSR count). The number of nitrogens with one attached hydrogen (secondary N) is 1. The molecule has 0 aliphatic carbocycles. The fraction of sp³-hybridized carbons (Fsp3) is 0.238. The fourth-order valence-corrected chi connectivity index (χ4v) is 3.41. The Morgan fingerprint density at radius 3 is 2.59 bits per heavy atom. The Labute approximate surface area is 162 Å². The first-order chi connectivity index (χ1) is 12.8. The second-order valence-electron chi connectivity index (χ2n) is 6.55.